The highest BCUT2D eigenvalue weighted by Crippen LogP contribution is 2.19. The molecular formula is C7H10BrF3N2O. The van der Waals surface area contributed by atoms with E-state index in [-0.39, 0.29) is 12.5 Å². The van der Waals surface area contributed by atoms with Gasteiger partial charge in [-0.1, -0.05) is 0 Å². The number of carbonyl (C=O) groups is 1. The van der Waals surface area contributed by atoms with Crippen molar-refractivity contribution >= 4 is 22.1 Å². The van der Waals surface area contributed by atoms with Crippen LogP contribution in [0.2, 0.25) is 0 Å². The Morgan fingerprint density at radius 3 is 2.64 bits per heavy atom. The lowest BCUT2D eigenvalue weighted by atomic mass is 10.1. The van der Waals surface area contributed by atoms with Crippen molar-refractivity contribution < 1.29 is 18.0 Å². The summed E-state index contributed by atoms with van der Waals surface area (Å²) in [6.07, 6.45) is -3.98. The molecule has 1 saturated heterocycles. The molecular weight excluding hydrogens is 265 g/mol. The van der Waals surface area contributed by atoms with E-state index in [0.29, 0.717) is 6.54 Å². The van der Waals surface area contributed by atoms with Crippen molar-refractivity contribution in [3.8, 4) is 0 Å². The van der Waals surface area contributed by atoms with Gasteiger partial charge in [-0.15, -0.1) is 0 Å². The first-order chi connectivity index (χ1) is 6.39. The summed E-state index contributed by atoms with van der Waals surface area (Å²) in [7, 11) is 0. The minimum Gasteiger partial charge on any atom is -0.348 e. The van der Waals surface area contributed by atoms with Gasteiger partial charge in [0.2, 0.25) is 0 Å². The second kappa shape index (κ2) is 4.48. The Hall–Kier alpha value is -0.300. The normalized spacial score (nSPS) is 23.9. The smallest absolute Gasteiger partial charge is 0.348 e. The number of rotatable bonds is 2. The fourth-order valence-electron chi connectivity index (χ4n) is 1.29. The number of hydrogen-bond acceptors (Lipinski definition) is 2. The molecule has 1 N–H and O–H groups in total. The van der Waals surface area contributed by atoms with E-state index in [1.807, 2.05) is 9.24 Å². The molecule has 3 nitrogen and oxygen atoms in total. The molecule has 1 heterocycles. The fraction of sp³-hybridized carbons (Fsp3) is 0.857. The summed E-state index contributed by atoms with van der Waals surface area (Å²) >= 11 is 3.22. The van der Waals surface area contributed by atoms with E-state index in [2.05, 4.69) is 16.1 Å². The molecule has 82 valence electrons. The van der Waals surface area contributed by atoms with Gasteiger partial charge >= 0.3 is 12.1 Å². The van der Waals surface area contributed by atoms with Crippen molar-refractivity contribution in [2.45, 2.75) is 12.6 Å². The van der Waals surface area contributed by atoms with E-state index >= 15 is 0 Å². The van der Waals surface area contributed by atoms with Gasteiger partial charge < -0.3 is 5.32 Å². The van der Waals surface area contributed by atoms with Crippen LogP contribution in [0.15, 0.2) is 0 Å². The van der Waals surface area contributed by atoms with Crippen LogP contribution in [0.25, 0.3) is 0 Å². The van der Waals surface area contributed by atoms with Gasteiger partial charge in [0, 0.05) is 35.8 Å². The Balaban J connectivity index is 2.24. The van der Waals surface area contributed by atoms with Crippen LogP contribution in [-0.2, 0) is 4.79 Å². The third kappa shape index (κ3) is 3.45. The van der Waals surface area contributed by atoms with Gasteiger partial charge in [-0.25, -0.2) is 3.93 Å². The average Bonchev–Trinajstić information content (AvgIpc) is 2.45. The van der Waals surface area contributed by atoms with Crippen LogP contribution in [0.4, 0.5) is 13.2 Å². The van der Waals surface area contributed by atoms with Crippen LogP contribution < -0.4 is 5.32 Å². The number of hydrogen-bond donors (Lipinski definition) is 1. The predicted octanol–water partition coefficient (Wildman–Crippen LogP) is 1.30. The SMILES string of the molecule is O=C(NCC1CCN(Br)C1)C(F)(F)F. The van der Waals surface area contributed by atoms with E-state index in [1.165, 1.54) is 0 Å². The summed E-state index contributed by atoms with van der Waals surface area (Å²) in [4.78, 5) is 10.4. The highest BCUT2D eigenvalue weighted by molar-refractivity contribution is 9.07. The van der Waals surface area contributed by atoms with Crippen LogP contribution in [0.5, 0.6) is 0 Å². The first kappa shape index (κ1) is 11.8. The lowest BCUT2D eigenvalue weighted by Crippen LogP contribution is -2.39. The average molecular weight is 275 g/mol. The maximum absolute atomic E-state index is 11.8. The molecule has 1 amide bonds. The summed E-state index contributed by atoms with van der Waals surface area (Å²) < 4.78 is 37.1. The molecule has 0 radical (unpaired) electrons. The number of amides is 1. The van der Waals surface area contributed by atoms with Crippen molar-refractivity contribution in [2.75, 3.05) is 19.6 Å². The molecule has 1 rings (SSSR count). The quantitative estimate of drug-likeness (QED) is 0.770. The Morgan fingerprint density at radius 2 is 2.21 bits per heavy atom. The van der Waals surface area contributed by atoms with Crippen LogP contribution in [0, 0.1) is 5.92 Å². The van der Waals surface area contributed by atoms with Crippen LogP contribution in [-0.4, -0.2) is 35.6 Å². The molecule has 0 aromatic heterocycles. The molecule has 0 spiro atoms. The zero-order valence-electron chi connectivity index (χ0n) is 7.27. The molecule has 0 aromatic rings. The summed E-state index contributed by atoms with van der Waals surface area (Å²) in [6, 6.07) is 0. The van der Waals surface area contributed by atoms with Crippen molar-refractivity contribution in [3.63, 3.8) is 0 Å². The van der Waals surface area contributed by atoms with Gasteiger partial charge in [0.05, 0.1) is 0 Å². The molecule has 7 heteroatoms. The lowest BCUT2D eigenvalue weighted by Gasteiger charge is -2.12. The fourth-order valence-corrected chi connectivity index (χ4v) is 1.90. The molecule has 1 atom stereocenters. The van der Waals surface area contributed by atoms with Crippen molar-refractivity contribution in [1.29, 1.82) is 0 Å². The molecule has 0 bridgehead atoms. The minimum absolute atomic E-state index is 0.0838. The Kier molecular flexibility index (Phi) is 3.77. The van der Waals surface area contributed by atoms with E-state index in [9.17, 15) is 18.0 Å². The van der Waals surface area contributed by atoms with Crippen LogP contribution in [0.1, 0.15) is 6.42 Å². The summed E-state index contributed by atoms with van der Waals surface area (Å²) in [5.74, 6) is -1.76. The monoisotopic (exact) mass is 274 g/mol. The molecule has 1 fully saturated rings. The molecule has 0 saturated carbocycles. The number of nitrogens with one attached hydrogen (secondary N) is 1. The first-order valence-electron chi connectivity index (χ1n) is 4.15. The van der Waals surface area contributed by atoms with Gasteiger partial charge in [-0.2, -0.15) is 13.2 Å². The number of nitrogens with zero attached hydrogens (tertiary/aromatic N) is 1. The summed E-state index contributed by atoms with van der Waals surface area (Å²) in [5, 5.41) is 1.87. The number of carbonyl (C=O) groups excluding carboxylic acids is 1. The maximum atomic E-state index is 11.8. The standard InChI is InChI=1S/C7H10BrF3N2O/c8-13-2-1-5(4-13)3-12-6(14)7(9,10)11/h5H,1-4H2,(H,12,14). The molecule has 14 heavy (non-hydrogen) atoms. The van der Waals surface area contributed by atoms with Crippen LogP contribution in [0.3, 0.4) is 0 Å². The third-order valence-corrected chi connectivity index (χ3v) is 2.69. The summed E-state index contributed by atoms with van der Waals surface area (Å²) in [5.41, 5.74) is 0. The second-order valence-electron chi connectivity index (χ2n) is 3.23. The zero-order valence-corrected chi connectivity index (χ0v) is 8.86. The van der Waals surface area contributed by atoms with E-state index in [0.717, 1.165) is 13.0 Å². The van der Waals surface area contributed by atoms with Gasteiger partial charge in [-0.3, -0.25) is 4.79 Å². The number of alkyl halides is 3. The highest BCUT2D eigenvalue weighted by Gasteiger charge is 2.38. The first-order valence-corrected chi connectivity index (χ1v) is 4.86. The minimum atomic E-state index is -4.77. The molecule has 1 aliphatic heterocycles. The van der Waals surface area contributed by atoms with Gasteiger partial charge in [0.15, 0.2) is 0 Å². The zero-order chi connectivity index (χ0) is 10.8. The van der Waals surface area contributed by atoms with Crippen molar-refractivity contribution in [2.24, 2.45) is 5.92 Å². The topological polar surface area (TPSA) is 32.3 Å². The van der Waals surface area contributed by atoms with Gasteiger partial charge in [-0.05, 0) is 12.3 Å². The van der Waals surface area contributed by atoms with Gasteiger partial charge in [0.1, 0.15) is 0 Å². The van der Waals surface area contributed by atoms with E-state index < -0.39 is 12.1 Å². The summed E-state index contributed by atoms with van der Waals surface area (Å²) in [6.45, 7) is 1.55. The van der Waals surface area contributed by atoms with Crippen molar-refractivity contribution in [1.82, 2.24) is 9.24 Å². The van der Waals surface area contributed by atoms with Crippen LogP contribution >= 0.6 is 16.1 Å². The Bertz CT molecular complexity index is 221. The van der Waals surface area contributed by atoms with E-state index in [1.54, 1.807) is 0 Å². The highest BCUT2D eigenvalue weighted by atomic mass is 79.9. The molecule has 1 aliphatic rings. The Morgan fingerprint density at radius 1 is 1.57 bits per heavy atom. The molecule has 0 aliphatic carbocycles. The predicted molar refractivity (Wildman–Crippen MR) is 47.7 cm³/mol. The number of halogens is 4. The van der Waals surface area contributed by atoms with Crippen molar-refractivity contribution in [3.05, 3.63) is 0 Å². The lowest BCUT2D eigenvalue weighted by molar-refractivity contribution is -0.173. The third-order valence-electron chi connectivity index (χ3n) is 2.05. The van der Waals surface area contributed by atoms with E-state index in [4.69, 9.17) is 0 Å². The second-order valence-corrected chi connectivity index (χ2v) is 4.23. The maximum Gasteiger partial charge on any atom is 0.471 e. The Labute approximate surface area is 88.0 Å². The molecule has 0 aromatic carbocycles. The largest absolute Gasteiger partial charge is 0.471 e. The molecule has 1 unspecified atom stereocenters. The van der Waals surface area contributed by atoms with Gasteiger partial charge in [0.25, 0.3) is 0 Å².